The van der Waals surface area contributed by atoms with E-state index in [1.807, 2.05) is 6.92 Å². The molecule has 1 aliphatic rings. The normalized spacial score (nSPS) is 19.9. The van der Waals surface area contributed by atoms with E-state index in [2.05, 4.69) is 20.6 Å². The van der Waals surface area contributed by atoms with Crippen LogP contribution in [0.1, 0.15) is 25.5 Å². The number of aryl methyl sites for hydroxylation is 1. The quantitative estimate of drug-likeness (QED) is 0.820. The smallest absolute Gasteiger partial charge is 0.220 e. The van der Waals surface area contributed by atoms with Crippen LogP contribution in [0.3, 0.4) is 0 Å². The van der Waals surface area contributed by atoms with Gasteiger partial charge in [-0.1, -0.05) is 6.92 Å². The van der Waals surface area contributed by atoms with Crippen molar-refractivity contribution in [1.29, 1.82) is 0 Å². The number of aromatic nitrogens is 2. The fraction of sp³-hybridized carbons (Fsp3) is 0.545. The van der Waals surface area contributed by atoms with E-state index < -0.39 is 5.82 Å². The maximum absolute atomic E-state index is 13.8. The summed E-state index contributed by atoms with van der Waals surface area (Å²) in [5.41, 5.74) is 0.405. The molecule has 1 saturated heterocycles. The van der Waals surface area contributed by atoms with Crippen LogP contribution in [-0.4, -0.2) is 28.5 Å². The Balaban J connectivity index is 2.06. The minimum absolute atomic E-state index is 0.0295. The molecule has 1 amide bonds. The zero-order valence-corrected chi connectivity index (χ0v) is 9.66. The molecular formula is C11H15FN4O. The first-order valence-corrected chi connectivity index (χ1v) is 5.73. The Labute approximate surface area is 98.8 Å². The van der Waals surface area contributed by atoms with Crippen molar-refractivity contribution in [3.8, 4) is 0 Å². The van der Waals surface area contributed by atoms with E-state index in [4.69, 9.17) is 0 Å². The van der Waals surface area contributed by atoms with Gasteiger partial charge in [-0.25, -0.2) is 14.4 Å². The van der Waals surface area contributed by atoms with Crippen molar-refractivity contribution in [3.63, 3.8) is 0 Å². The van der Waals surface area contributed by atoms with Crippen molar-refractivity contribution in [1.82, 2.24) is 15.3 Å². The van der Waals surface area contributed by atoms with Gasteiger partial charge >= 0.3 is 0 Å². The van der Waals surface area contributed by atoms with Gasteiger partial charge < -0.3 is 10.6 Å². The van der Waals surface area contributed by atoms with Gasteiger partial charge in [0.15, 0.2) is 11.6 Å². The van der Waals surface area contributed by atoms with Crippen LogP contribution in [0.15, 0.2) is 6.33 Å². The Hall–Kier alpha value is -1.72. The molecule has 0 aromatic carbocycles. The van der Waals surface area contributed by atoms with Crippen molar-refractivity contribution < 1.29 is 9.18 Å². The molecule has 0 spiro atoms. The van der Waals surface area contributed by atoms with Crippen LogP contribution >= 0.6 is 0 Å². The van der Waals surface area contributed by atoms with E-state index >= 15 is 0 Å². The Morgan fingerprint density at radius 1 is 1.59 bits per heavy atom. The van der Waals surface area contributed by atoms with Crippen LogP contribution in [0.2, 0.25) is 0 Å². The Kier molecular flexibility index (Phi) is 3.51. The Morgan fingerprint density at radius 3 is 3.06 bits per heavy atom. The molecule has 2 N–H and O–H groups in total. The standard InChI is InChI=1S/C11H15FN4O/c1-2-8-10(12)11(15-6-14-8)16-7-3-4-9(17)13-5-7/h6-7H,2-5H2,1H3,(H,13,17)(H,14,15,16). The van der Waals surface area contributed by atoms with Gasteiger partial charge in [0.1, 0.15) is 6.33 Å². The van der Waals surface area contributed by atoms with Crippen molar-refractivity contribution in [3.05, 3.63) is 17.8 Å². The van der Waals surface area contributed by atoms with E-state index in [1.54, 1.807) is 0 Å². The zero-order valence-electron chi connectivity index (χ0n) is 9.66. The van der Waals surface area contributed by atoms with Gasteiger partial charge in [0.25, 0.3) is 0 Å². The maximum atomic E-state index is 13.8. The highest BCUT2D eigenvalue weighted by Crippen LogP contribution is 2.16. The zero-order chi connectivity index (χ0) is 12.3. The number of nitrogens with zero attached hydrogens (tertiary/aromatic N) is 2. The Bertz CT molecular complexity index is 414. The lowest BCUT2D eigenvalue weighted by Crippen LogP contribution is -2.42. The minimum Gasteiger partial charge on any atom is -0.363 e. The van der Waals surface area contributed by atoms with E-state index in [1.165, 1.54) is 6.33 Å². The lowest BCUT2D eigenvalue weighted by atomic mass is 10.1. The fourth-order valence-electron chi connectivity index (χ4n) is 1.80. The summed E-state index contributed by atoms with van der Waals surface area (Å²) in [5, 5.41) is 5.74. The lowest BCUT2D eigenvalue weighted by molar-refractivity contribution is -0.122. The number of hydrogen-bond acceptors (Lipinski definition) is 4. The van der Waals surface area contributed by atoms with E-state index in [-0.39, 0.29) is 17.8 Å². The summed E-state index contributed by atoms with van der Waals surface area (Å²) in [4.78, 5) is 18.7. The molecule has 1 fully saturated rings. The van der Waals surface area contributed by atoms with Crippen LogP contribution < -0.4 is 10.6 Å². The number of amides is 1. The second-order valence-corrected chi connectivity index (χ2v) is 4.02. The molecule has 0 bridgehead atoms. The maximum Gasteiger partial charge on any atom is 0.220 e. The monoisotopic (exact) mass is 238 g/mol. The number of carbonyl (C=O) groups is 1. The highest BCUT2D eigenvalue weighted by Gasteiger charge is 2.20. The Morgan fingerprint density at radius 2 is 2.41 bits per heavy atom. The van der Waals surface area contributed by atoms with Crippen LogP contribution in [-0.2, 0) is 11.2 Å². The summed E-state index contributed by atoms with van der Waals surface area (Å²) >= 11 is 0. The predicted octanol–water partition coefficient (Wildman–Crippen LogP) is 0.869. The lowest BCUT2D eigenvalue weighted by Gasteiger charge is -2.24. The number of anilines is 1. The first-order valence-electron chi connectivity index (χ1n) is 5.73. The van der Waals surface area contributed by atoms with Crippen molar-refractivity contribution in [2.24, 2.45) is 0 Å². The summed E-state index contributed by atoms with van der Waals surface area (Å²) in [5.74, 6) is -0.134. The number of nitrogens with one attached hydrogen (secondary N) is 2. The summed E-state index contributed by atoms with van der Waals surface area (Å²) in [6.45, 7) is 2.35. The van der Waals surface area contributed by atoms with Gasteiger partial charge in [-0.15, -0.1) is 0 Å². The summed E-state index contributed by atoms with van der Waals surface area (Å²) in [6, 6.07) is 0.0295. The summed E-state index contributed by atoms with van der Waals surface area (Å²) in [6.07, 6.45) is 3.04. The first kappa shape index (κ1) is 11.8. The predicted molar refractivity (Wildman–Crippen MR) is 61.0 cm³/mol. The third-order valence-electron chi connectivity index (χ3n) is 2.80. The second-order valence-electron chi connectivity index (χ2n) is 4.02. The molecule has 0 aliphatic carbocycles. The highest BCUT2D eigenvalue weighted by molar-refractivity contribution is 5.76. The molecule has 17 heavy (non-hydrogen) atoms. The number of rotatable bonds is 3. The molecule has 6 heteroatoms. The van der Waals surface area contributed by atoms with Crippen molar-refractivity contribution in [2.75, 3.05) is 11.9 Å². The molecule has 1 aliphatic heterocycles. The highest BCUT2D eigenvalue weighted by atomic mass is 19.1. The third-order valence-corrected chi connectivity index (χ3v) is 2.80. The number of piperidine rings is 1. The molecule has 5 nitrogen and oxygen atoms in total. The molecule has 1 aromatic heterocycles. The van der Waals surface area contributed by atoms with Crippen LogP contribution in [0.5, 0.6) is 0 Å². The van der Waals surface area contributed by atoms with Crippen molar-refractivity contribution in [2.45, 2.75) is 32.2 Å². The average molecular weight is 238 g/mol. The van der Waals surface area contributed by atoms with Gasteiger partial charge in [-0.2, -0.15) is 0 Å². The second kappa shape index (κ2) is 5.07. The molecule has 1 atom stereocenters. The average Bonchev–Trinajstić information content (AvgIpc) is 2.35. The fourth-order valence-corrected chi connectivity index (χ4v) is 1.80. The number of halogens is 1. The molecule has 2 rings (SSSR count). The molecule has 92 valence electrons. The van der Waals surface area contributed by atoms with Crippen LogP contribution in [0.25, 0.3) is 0 Å². The van der Waals surface area contributed by atoms with E-state index in [0.29, 0.717) is 31.5 Å². The van der Waals surface area contributed by atoms with Gasteiger partial charge in [0, 0.05) is 19.0 Å². The third kappa shape index (κ3) is 2.69. The van der Waals surface area contributed by atoms with E-state index in [0.717, 1.165) is 0 Å². The van der Waals surface area contributed by atoms with Crippen LogP contribution in [0.4, 0.5) is 10.2 Å². The van der Waals surface area contributed by atoms with Gasteiger partial charge in [-0.3, -0.25) is 4.79 Å². The molecule has 0 saturated carbocycles. The number of hydrogen-bond donors (Lipinski definition) is 2. The summed E-state index contributed by atoms with van der Waals surface area (Å²) in [7, 11) is 0. The first-order chi connectivity index (χ1) is 8.20. The van der Waals surface area contributed by atoms with Gasteiger partial charge in [0.05, 0.1) is 5.69 Å². The molecule has 0 radical (unpaired) electrons. The topological polar surface area (TPSA) is 66.9 Å². The number of carbonyl (C=O) groups excluding carboxylic acids is 1. The van der Waals surface area contributed by atoms with E-state index in [9.17, 15) is 9.18 Å². The van der Waals surface area contributed by atoms with Crippen LogP contribution in [0, 0.1) is 5.82 Å². The molecule has 1 aromatic rings. The largest absolute Gasteiger partial charge is 0.363 e. The van der Waals surface area contributed by atoms with Crippen molar-refractivity contribution >= 4 is 11.7 Å². The summed E-state index contributed by atoms with van der Waals surface area (Å²) < 4.78 is 13.8. The SMILES string of the molecule is CCc1ncnc(NC2CCC(=O)NC2)c1F. The minimum atomic E-state index is -0.396. The molecule has 2 heterocycles. The molecular weight excluding hydrogens is 223 g/mol. The molecule has 1 unspecified atom stereocenters. The van der Waals surface area contributed by atoms with Gasteiger partial charge in [-0.05, 0) is 12.8 Å². The van der Waals surface area contributed by atoms with Gasteiger partial charge in [0.2, 0.25) is 5.91 Å².